The summed E-state index contributed by atoms with van der Waals surface area (Å²) in [6.07, 6.45) is 43.5. The van der Waals surface area contributed by atoms with E-state index in [0.29, 0.717) is 12.3 Å². The molecular formula is C36H76NiO4P2. The standard InChI is InChI=1S/2C18H39O2P.Ni/c2*1-2-3-4-5-6-7-8-9-10-11-12-13-14-15-16-17-18-21(19)20;/h2*21H,2-18H2,1H3,(H,19,20);/q;;+2/p-2. The van der Waals surface area contributed by atoms with Gasteiger partial charge in [0, 0.05) is 16.1 Å². The Morgan fingerprint density at radius 3 is 0.581 bits per heavy atom. The van der Waals surface area contributed by atoms with Crippen LogP contribution in [0.3, 0.4) is 0 Å². The first kappa shape index (κ1) is 48.3. The third-order valence-electron chi connectivity index (χ3n) is 8.47. The summed E-state index contributed by atoms with van der Waals surface area (Å²) < 4.78 is 20.8. The molecule has 4 nitrogen and oxygen atoms in total. The molecule has 0 spiro atoms. The van der Waals surface area contributed by atoms with E-state index < -0.39 is 16.1 Å². The van der Waals surface area contributed by atoms with Gasteiger partial charge in [0.05, 0.1) is 0 Å². The first-order valence-electron chi connectivity index (χ1n) is 18.9. The van der Waals surface area contributed by atoms with Gasteiger partial charge in [-0.1, -0.05) is 206 Å². The van der Waals surface area contributed by atoms with E-state index in [1.54, 1.807) is 0 Å². The maximum Gasteiger partial charge on any atom is 2.00 e. The summed E-state index contributed by atoms with van der Waals surface area (Å²) in [7, 11) is -4.91. The first-order chi connectivity index (χ1) is 20.5. The summed E-state index contributed by atoms with van der Waals surface area (Å²) in [5.74, 6) is 0. The van der Waals surface area contributed by atoms with Gasteiger partial charge in [0.1, 0.15) is 0 Å². The molecule has 0 rings (SSSR count). The molecule has 0 radical (unpaired) electrons. The molecule has 0 bridgehead atoms. The largest absolute Gasteiger partial charge is 2.00 e. The molecule has 0 aromatic carbocycles. The molecule has 0 heterocycles. The molecule has 0 N–H and O–H groups in total. The van der Waals surface area contributed by atoms with Crippen molar-refractivity contribution in [3.63, 3.8) is 0 Å². The monoisotopic (exact) mass is 692 g/mol. The minimum atomic E-state index is -2.45. The van der Waals surface area contributed by atoms with Gasteiger partial charge >= 0.3 is 16.5 Å². The van der Waals surface area contributed by atoms with Gasteiger partial charge < -0.3 is 18.9 Å². The zero-order chi connectivity index (χ0) is 31.2. The van der Waals surface area contributed by atoms with Crippen molar-refractivity contribution in [2.24, 2.45) is 0 Å². The van der Waals surface area contributed by atoms with Crippen molar-refractivity contribution < 1.29 is 35.4 Å². The normalized spacial score (nSPS) is 12.4. The van der Waals surface area contributed by atoms with Crippen molar-refractivity contribution >= 4 is 16.1 Å². The fourth-order valence-electron chi connectivity index (χ4n) is 5.63. The molecule has 0 aliphatic rings. The van der Waals surface area contributed by atoms with Crippen LogP contribution in [0.4, 0.5) is 0 Å². The molecule has 0 saturated carbocycles. The number of hydrogen-bond acceptors (Lipinski definition) is 4. The van der Waals surface area contributed by atoms with Crippen molar-refractivity contribution in [3.8, 4) is 0 Å². The minimum Gasteiger partial charge on any atom is -0.802 e. The molecular weight excluding hydrogens is 617 g/mol. The Bertz CT molecular complexity index is 491. The van der Waals surface area contributed by atoms with E-state index in [9.17, 15) is 18.9 Å². The van der Waals surface area contributed by atoms with Crippen LogP contribution in [0.5, 0.6) is 0 Å². The maximum absolute atomic E-state index is 10.4. The van der Waals surface area contributed by atoms with Crippen LogP contribution in [-0.2, 0) is 25.6 Å². The van der Waals surface area contributed by atoms with E-state index in [4.69, 9.17) is 0 Å². The van der Waals surface area contributed by atoms with Crippen molar-refractivity contribution in [1.82, 2.24) is 0 Å². The zero-order valence-corrected chi connectivity index (χ0v) is 32.0. The van der Waals surface area contributed by atoms with E-state index >= 15 is 0 Å². The summed E-state index contributed by atoms with van der Waals surface area (Å²) in [5, 5.41) is 0. The molecule has 264 valence electrons. The van der Waals surface area contributed by atoms with Gasteiger partial charge in [-0.05, 0) is 25.2 Å². The van der Waals surface area contributed by atoms with Gasteiger partial charge in [-0.15, -0.1) is 0 Å². The Morgan fingerprint density at radius 2 is 0.442 bits per heavy atom. The number of hydrogen-bond donors (Lipinski definition) is 0. The van der Waals surface area contributed by atoms with Crippen LogP contribution in [0.25, 0.3) is 0 Å². The first-order valence-corrected chi connectivity index (χ1v) is 22.0. The van der Waals surface area contributed by atoms with Crippen molar-refractivity contribution in [2.45, 2.75) is 219 Å². The quantitative estimate of drug-likeness (QED) is 0.0382. The molecule has 0 saturated heterocycles. The van der Waals surface area contributed by atoms with Crippen LogP contribution >= 0.6 is 16.1 Å². The van der Waals surface area contributed by atoms with Gasteiger partial charge in [0.15, 0.2) is 0 Å². The van der Waals surface area contributed by atoms with Crippen LogP contribution in [0.1, 0.15) is 219 Å². The third-order valence-corrected chi connectivity index (χ3v) is 9.99. The van der Waals surface area contributed by atoms with Gasteiger partial charge in [-0.2, -0.15) is 0 Å². The fraction of sp³-hybridized carbons (Fsp3) is 1.00. The Hall–Kier alpha value is 0.874. The predicted molar refractivity (Wildman–Crippen MR) is 187 cm³/mol. The van der Waals surface area contributed by atoms with E-state index in [2.05, 4.69) is 13.8 Å². The Morgan fingerprint density at radius 1 is 0.302 bits per heavy atom. The summed E-state index contributed by atoms with van der Waals surface area (Å²) in [6.45, 7) is 4.55. The molecule has 0 fully saturated rings. The molecule has 43 heavy (non-hydrogen) atoms. The topological polar surface area (TPSA) is 80.3 Å². The molecule has 2 atom stereocenters. The summed E-state index contributed by atoms with van der Waals surface area (Å²) in [4.78, 5) is 20.8. The smallest absolute Gasteiger partial charge is 0.802 e. The van der Waals surface area contributed by atoms with Crippen molar-refractivity contribution in [1.29, 1.82) is 0 Å². The average molecular weight is 694 g/mol. The Kier molecular flexibility index (Phi) is 50.5. The molecule has 0 aliphatic heterocycles. The number of rotatable bonds is 34. The predicted octanol–water partition coefficient (Wildman–Crippen LogP) is 12.2. The summed E-state index contributed by atoms with van der Waals surface area (Å²) >= 11 is 0. The van der Waals surface area contributed by atoms with Gasteiger partial charge in [-0.3, -0.25) is 0 Å². The fourth-order valence-corrected chi connectivity index (χ4v) is 6.71. The van der Waals surface area contributed by atoms with Gasteiger partial charge in [0.2, 0.25) is 0 Å². The van der Waals surface area contributed by atoms with Crippen LogP contribution < -0.4 is 9.79 Å². The molecule has 0 aliphatic carbocycles. The van der Waals surface area contributed by atoms with Crippen molar-refractivity contribution in [2.75, 3.05) is 12.3 Å². The SMILES string of the molecule is CCCCCCCCCCCCCCCCCC[PH](=O)[O-].CCCCCCCCCCCCCCCCCC[PH](=O)[O-].[Ni+2]. The molecule has 2 unspecified atom stereocenters. The van der Waals surface area contributed by atoms with Crippen LogP contribution in [0.2, 0.25) is 0 Å². The van der Waals surface area contributed by atoms with E-state index in [1.165, 1.54) is 180 Å². The molecule has 0 aromatic rings. The Labute approximate surface area is 282 Å². The summed E-state index contributed by atoms with van der Waals surface area (Å²) in [5.41, 5.74) is 0. The van der Waals surface area contributed by atoms with Crippen molar-refractivity contribution in [3.05, 3.63) is 0 Å². The van der Waals surface area contributed by atoms with Gasteiger partial charge in [0.25, 0.3) is 0 Å². The second-order valence-electron chi connectivity index (χ2n) is 12.9. The van der Waals surface area contributed by atoms with Crippen LogP contribution in [0, 0.1) is 0 Å². The van der Waals surface area contributed by atoms with E-state index in [0.717, 1.165) is 25.7 Å². The molecule has 7 heteroatoms. The van der Waals surface area contributed by atoms with Crippen LogP contribution in [-0.4, -0.2) is 12.3 Å². The Balaban J connectivity index is -0.000000727. The minimum absolute atomic E-state index is 0. The third kappa shape index (κ3) is 52.7. The van der Waals surface area contributed by atoms with E-state index in [1.807, 2.05) is 0 Å². The molecule has 0 amide bonds. The van der Waals surface area contributed by atoms with Crippen LogP contribution in [0.15, 0.2) is 0 Å². The number of unbranched alkanes of at least 4 members (excludes halogenated alkanes) is 30. The summed E-state index contributed by atoms with van der Waals surface area (Å²) in [6, 6.07) is 0. The molecule has 0 aromatic heterocycles. The zero-order valence-electron chi connectivity index (χ0n) is 29.0. The maximum atomic E-state index is 10.4. The average Bonchev–Trinajstić information content (AvgIpc) is 2.97. The van der Waals surface area contributed by atoms with E-state index in [-0.39, 0.29) is 16.5 Å². The van der Waals surface area contributed by atoms with Gasteiger partial charge in [-0.25, -0.2) is 0 Å². The second kappa shape index (κ2) is 45.0. The second-order valence-corrected chi connectivity index (χ2v) is 15.3.